The van der Waals surface area contributed by atoms with Gasteiger partial charge in [0.1, 0.15) is 0 Å². The standard InChI is InChI=1S/C11H17NO3/c1-10-4-5-11(2,7-8(13)6-10)12(10)9(14)15-3/h4-5,8,13H,6-7H2,1-3H3/t8-,10+,11-. The summed E-state index contributed by atoms with van der Waals surface area (Å²) in [4.78, 5) is 13.5. The maximum Gasteiger partial charge on any atom is 0.410 e. The van der Waals surface area contributed by atoms with E-state index in [0.29, 0.717) is 12.8 Å². The van der Waals surface area contributed by atoms with E-state index in [9.17, 15) is 9.90 Å². The van der Waals surface area contributed by atoms with Crippen LogP contribution in [-0.2, 0) is 4.74 Å². The molecule has 0 unspecified atom stereocenters. The fourth-order valence-corrected chi connectivity index (χ4v) is 2.94. The summed E-state index contributed by atoms with van der Waals surface area (Å²) in [6, 6.07) is 0. The molecule has 1 N–H and O–H groups in total. The molecular weight excluding hydrogens is 194 g/mol. The smallest absolute Gasteiger partial charge is 0.410 e. The summed E-state index contributed by atoms with van der Waals surface area (Å²) in [5.74, 6) is 0. The predicted octanol–water partition coefficient (Wildman–Crippen LogP) is 1.30. The number of piperidine rings is 1. The number of rotatable bonds is 0. The van der Waals surface area contributed by atoms with Gasteiger partial charge in [-0.05, 0) is 13.8 Å². The molecule has 0 aromatic carbocycles. The molecule has 15 heavy (non-hydrogen) atoms. The van der Waals surface area contributed by atoms with Gasteiger partial charge in [0.05, 0.1) is 24.3 Å². The number of amides is 1. The molecule has 2 aliphatic heterocycles. The first-order valence-corrected chi connectivity index (χ1v) is 5.18. The molecule has 2 heterocycles. The minimum atomic E-state index is -0.403. The third-order valence-electron chi connectivity index (χ3n) is 3.48. The van der Waals surface area contributed by atoms with Crippen molar-refractivity contribution < 1.29 is 14.6 Å². The zero-order chi connectivity index (χ0) is 11.3. The zero-order valence-corrected chi connectivity index (χ0v) is 9.36. The predicted molar refractivity (Wildman–Crippen MR) is 55.4 cm³/mol. The van der Waals surface area contributed by atoms with Gasteiger partial charge >= 0.3 is 6.09 Å². The van der Waals surface area contributed by atoms with Gasteiger partial charge in [-0.1, -0.05) is 12.2 Å². The maximum absolute atomic E-state index is 11.7. The molecule has 4 heteroatoms. The molecule has 2 bridgehead atoms. The first kappa shape index (κ1) is 10.5. The van der Waals surface area contributed by atoms with Gasteiger partial charge in [0.15, 0.2) is 0 Å². The number of fused-ring (bicyclic) bond motifs is 2. The molecule has 3 atom stereocenters. The highest BCUT2D eigenvalue weighted by atomic mass is 16.5. The van der Waals surface area contributed by atoms with E-state index in [4.69, 9.17) is 4.74 Å². The van der Waals surface area contributed by atoms with Gasteiger partial charge in [0.2, 0.25) is 0 Å². The summed E-state index contributed by atoms with van der Waals surface area (Å²) in [5.41, 5.74) is -0.807. The highest BCUT2D eigenvalue weighted by molar-refractivity contribution is 5.72. The molecule has 0 saturated carbocycles. The van der Waals surface area contributed by atoms with E-state index in [-0.39, 0.29) is 12.2 Å². The lowest BCUT2D eigenvalue weighted by Gasteiger charge is -2.49. The minimum absolute atomic E-state index is 0.322. The molecule has 0 spiro atoms. The number of carbonyl (C=O) groups is 1. The second kappa shape index (κ2) is 2.98. The molecule has 1 fully saturated rings. The van der Waals surface area contributed by atoms with E-state index in [1.165, 1.54) is 7.11 Å². The molecule has 0 aliphatic carbocycles. The van der Waals surface area contributed by atoms with Crippen molar-refractivity contribution in [3.05, 3.63) is 12.2 Å². The van der Waals surface area contributed by atoms with Crippen molar-refractivity contribution >= 4 is 6.09 Å². The fraction of sp³-hybridized carbons (Fsp3) is 0.727. The molecule has 0 radical (unpaired) electrons. The fourth-order valence-electron chi connectivity index (χ4n) is 2.94. The van der Waals surface area contributed by atoms with Crippen molar-refractivity contribution in [3.8, 4) is 0 Å². The molecule has 0 aromatic rings. The summed E-state index contributed by atoms with van der Waals surface area (Å²) in [6.45, 7) is 3.90. The van der Waals surface area contributed by atoms with Crippen molar-refractivity contribution in [2.75, 3.05) is 7.11 Å². The molecular formula is C11H17NO3. The lowest BCUT2D eigenvalue weighted by molar-refractivity contribution is -0.0304. The molecule has 4 nitrogen and oxygen atoms in total. The van der Waals surface area contributed by atoms with Gasteiger partial charge in [-0.15, -0.1) is 0 Å². The van der Waals surface area contributed by atoms with Crippen LogP contribution in [0.1, 0.15) is 26.7 Å². The van der Waals surface area contributed by atoms with Crippen LogP contribution < -0.4 is 0 Å². The summed E-state index contributed by atoms with van der Waals surface area (Å²) in [7, 11) is 1.39. The molecule has 2 aliphatic rings. The second-order valence-corrected chi connectivity index (χ2v) is 4.92. The summed E-state index contributed by atoms with van der Waals surface area (Å²) in [5, 5.41) is 9.77. The second-order valence-electron chi connectivity index (χ2n) is 4.92. The van der Waals surface area contributed by atoms with Gasteiger partial charge in [0, 0.05) is 12.8 Å². The Morgan fingerprint density at radius 1 is 1.40 bits per heavy atom. The number of carbonyl (C=O) groups excluding carboxylic acids is 1. The van der Waals surface area contributed by atoms with E-state index in [0.717, 1.165) is 0 Å². The van der Waals surface area contributed by atoms with Gasteiger partial charge < -0.3 is 9.84 Å². The van der Waals surface area contributed by atoms with Crippen molar-refractivity contribution in [1.29, 1.82) is 0 Å². The summed E-state index contributed by atoms with van der Waals surface area (Å²) >= 11 is 0. The molecule has 0 aromatic heterocycles. The van der Waals surface area contributed by atoms with E-state index >= 15 is 0 Å². The van der Waals surface area contributed by atoms with Crippen LogP contribution in [0.2, 0.25) is 0 Å². The van der Waals surface area contributed by atoms with Crippen LogP contribution in [0, 0.1) is 0 Å². The van der Waals surface area contributed by atoms with Crippen molar-refractivity contribution in [1.82, 2.24) is 4.90 Å². The average Bonchev–Trinajstić information content (AvgIpc) is 2.29. The van der Waals surface area contributed by atoms with Gasteiger partial charge in [-0.25, -0.2) is 4.79 Å². The Morgan fingerprint density at radius 3 is 2.27 bits per heavy atom. The third kappa shape index (κ3) is 1.35. The van der Waals surface area contributed by atoms with Crippen LogP contribution in [0.4, 0.5) is 4.79 Å². The average molecular weight is 211 g/mol. The lowest BCUT2D eigenvalue weighted by atomic mass is 9.83. The van der Waals surface area contributed by atoms with Gasteiger partial charge in [-0.2, -0.15) is 0 Å². The SMILES string of the molecule is COC(=O)N1[C@@]2(C)C=C[C@]1(C)C[C@H](O)C2. The van der Waals surface area contributed by atoms with Crippen LogP contribution in [0.25, 0.3) is 0 Å². The highest BCUT2D eigenvalue weighted by Gasteiger charge is 2.54. The number of aliphatic hydroxyl groups is 1. The molecule has 2 rings (SSSR count). The number of nitrogens with zero attached hydrogens (tertiary/aromatic N) is 1. The van der Waals surface area contributed by atoms with Crippen LogP contribution in [0.3, 0.4) is 0 Å². The van der Waals surface area contributed by atoms with Crippen LogP contribution in [0.5, 0.6) is 0 Å². The molecule has 1 amide bonds. The van der Waals surface area contributed by atoms with E-state index in [2.05, 4.69) is 0 Å². The Bertz CT molecular complexity index is 306. The van der Waals surface area contributed by atoms with Crippen LogP contribution in [0.15, 0.2) is 12.2 Å². The quantitative estimate of drug-likeness (QED) is 0.614. The Labute approximate surface area is 89.5 Å². The lowest BCUT2D eigenvalue weighted by Crippen LogP contribution is -2.61. The number of hydrogen-bond acceptors (Lipinski definition) is 3. The van der Waals surface area contributed by atoms with E-state index < -0.39 is 11.1 Å². The number of ether oxygens (including phenoxy) is 1. The Morgan fingerprint density at radius 2 is 1.87 bits per heavy atom. The van der Waals surface area contributed by atoms with Crippen molar-refractivity contribution in [2.24, 2.45) is 0 Å². The topological polar surface area (TPSA) is 49.8 Å². The largest absolute Gasteiger partial charge is 0.453 e. The van der Waals surface area contributed by atoms with Crippen molar-refractivity contribution in [3.63, 3.8) is 0 Å². The monoisotopic (exact) mass is 211 g/mol. The first-order chi connectivity index (χ1) is 6.91. The Kier molecular flexibility index (Phi) is 2.08. The van der Waals surface area contributed by atoms with E-state index in [1.54, 1.807) is 4.90 Å². The van der Waals surface area contributed by atoms with Crippen molar-refractivity contribution in [2.45, 2.75) is 43.9 Å². The summed E-state index contributed by atoms with van der Waals surface area (Å²) < 4.78 is 4.80. The van der Waals surface area contributed by atoms with Crippen LogP contribution >= 0.6 is 0 Å². The third-order valence-corrected chi connectivity index (χ3v) is 3.48. The number of methoxy groups -OCH3 is 1. The Balaban J connectivity index is 2.37. The number of aliphatic hydroxyl groups excluding tert-OH is 1. The normalized spacial score (nSPS) is 43.2. The minimum Gasteiger partial charge on any atom is -0.453 e. The zero-order valence-electron chi connectivity index (χ0n) is 9.36. The highest BCUT2D eigenvalue weighted by Crippen LogP contribution is 2.45. The number of hydrogen-bond donors (Lipinski definition) is 1. The van der Waals surface area contributed by atoms with Gasteiger partial charge in [-0.3, -0.25) is 4.90 Å². The summed E-state index contributed by atoms with van der Waals surface area (Å²) in [6.07, 6.45) is 4.48. The van der Waals surface area contributed by atoms with E-state index in [1.807, 2.05) is 26.0 Å². The Hall–Kier alpha value is -1.03. The maximum atomic E-state index is 11.7. The molecule has 1 saturated heterocycles. The first-order valence-electron chi connectivity index (χ1n) is 5.18. The van der Waals surface area contributed by atoms with Crippen LogP contribution in [-0.4, -0.2) is 40.4 Å². The molecule has 84 valence electrons. The van der Waals surface area contributed by atoms with Gasteiger partial charge in [0.25, 0.3) is 0 Å².